The number of anilines is 2. The molecule has 0 spiro atoms. The van der Waals surface area contributed by atoms with Gasteiger partial charge in [-0.2, -0.15) is 5.26 Å². The molecule has 0 bridgehead atoms. The predicted molar refractivity (Wildman–Crippen MR) is 136 cm³/mol. The SMILES string of the molecule is CCOC(=O)/C(C#N)=c1/s/c(=C/Nc2ccc(NC(=O)NCCN3CCCC3)cc2)c(=O)n1CC. The van der Waals surface area contributed by atoms with E-state index in [1.807, 2.05) is 6.07 Å². The maximum absolute atomic E-state index is 12.8. The zero-order valence-electron chi connectivity index (χ0n) is 19.9. The molecule has 1 fully saturated rings. The number of ether oxygens (including phenoxy) is 1. The van der Waals surface area contributed by atoms with Gasteiger partial charge in [0.05, 0.1) is 6.61 Å². The Balaban J connectivity index is 1.66. The van der Waals surface area contributed by atoms with Gasteiger partial charge in [0.15, 0.2) is 5.57 Å². The number of likely N-dealkylation sites (tertiary alicyclic amines) is 1. The van der Waals surface area contributed by atoms with E-state index in [2.05, 4.69) is 20.9 Å². The Hall–Kier alpha value is -3.62. The smallest absolute Gasteiger partial charge is 0.351 e. The number of hydrogen-bond donors (Lipinski definition) is 3. The number of hydrogen-bond acceptors (Lipinski definition) is 8. The molecule has 1 saturated heterocycles. The summed E-state index contributed by atoms with van der Waals surface area (Å²) in [6.45, 7) is 7.50. The van der Waals surface area contributed by atoms with Gasteiger partial charge in [-0.05, 0) is 64.0 Å². The average Bonchev–Trinajstić information content (AvgIpc) is 3.47. The third-order valence-corrected chi connectivity index (χ3v) is 6.58. The van der Waals surface area contributed by atoms with Crippen LogP contribution >= 0.6 is 11.3 Å². The predicted octanol–water partition coefficient (Wildman–Crippen LogP) is 1.23. The highest BCUT2D eigenvalue weighted by atomic mass is 32.1. The fourth-order valence-corrected chi connectivity index (χ4v) is 4.76. The Morgan fingerprint density at radius 3 is 2.49 bits per heavy atom. The largest absolute Gasteiger partial charge is 0.462 e. The Labute approximate surface area is 207 Å². The van der Waals surface area contributed by atoms with Gasteiger partial charge < -0.3 is 25.6 Å². The fraction of sp³-hybridized carbons (Fsp3) is 0.417. The molecule has 3 rings (SSSR count). The van der Waals surface area contributed by atoms with Crippen molar-refractivity contribution < 1.29 is 14.3 Å². The number of carbonyl (C=O) groups excluding carboxylic acids is 2. The van der Waals surface area contributed by atoms with E-state index in [1.54, 1.807) is 38.1 Å². The highest BCUT2D eigenvalue weighted by Crippen LogP contribution is 2.13. The first-order valence-corrected chi connectivity index (χ1v) is 12.4. The first kappa shape index (κ1) is 26.0. The number of urea groups is 1. The molecule has 2 amide bonds. The van der Waals surface area contributed by atoms with E-state index in [9.17, 15) is 19.6 Å². The summed E-state index contributed by atoms with van der Waals surface area (Å²) < 4.78 is 6.93. The van der Waals surface area contributed by atoms with Crippen LogP contribution in [0.25, 0.3) is 11.8 Å². The van der Waals surface area contributed by atoms with Crippen LogP contribution in [0.2, 0.25) is 0 Å². The normalized spacial score (nSPS) is 14.8. The number of carbonyl (C=O) groups is 2. The van der Waals surface area contributed by atoms with Gasteiger partial charge in [0.1, 0.15) is 15.3 Å². The van der Waals surface area contributed by atoms with E-state index < -0.39 is 5.97 Å². The molecule has 1 aromatic heterocycles. The van der Waals surface area contributed by atoms with Crippen LogP contribution < -0.4 is 30.7 Å². The molecule has 10 nitrogen and oxygen atoms in total. The van der Waals surface area contributed by atoms with Gasteiger partial charge in [-0.1, -0.05) is 0 Å². The van der Waals surface area contributed by atoms with E-state index in [-0.39, 0.29) is 28.4 Å². The third-order valence-electron chi connectivity index (χ3n) is 5.45. The first-order chi connectivity index (χ1) is 17.0. The number of benzene rings is 1. The molecule has 0 atom stereocenters. The third kappa shape index (κ3) is 6.94. The van der Waals surface area contributed by atoms with Crippen molar-refractivity contribution in [1.82, 2.24) is 14.8 Å². The first-order valence-electron chi connectivity index (χ1n) is 11.6. The molecular formula is C24H30N6O4S. The average molecular weight is 499 g/mol. The monoisotopic (exact) mass is 498 g/mol. The number of rotatable bonds is 9. The molecule has 11 heteroatoms. The van der Waals surface area contributed by atoms with Crippen LogP contribution in [0.4, 0.5) is 16.2 Å². The van der Waals surface area contributed by atoms with Crippen LogP contribution in [0.15, 0.2) is 29.1 Å². The fourth-order valence-electron chi connectivity index (χ4n) is 3.68. The molecule has 1 aliphatic heterocycles. The van der Waals surface area contributed by atoms with E-state index in [0.29, 0.717) is 29.0 Å². The molecule has 2 aromatic rings. The zero-order valence-corrected chi connectivity index (χ0v) is 20.7. The lowest BCUT2D eigenvalue weighted by molar-refractivity contribution is -0.136. The van der Waals surface area contributed by atoms with Crippen LogP contribution in [-0.4, -0.2) is 54.3 Å². The Bertz CT molecular complexity index is 1250. The molecule has 0 unspecified atom stereocenters. The number of aromatic nitrogens is 1. The van der Waals surface area contributed by atoms with Gasteiger partial charge in [-0.25, -0.2) is 9.59 Å². The highest BCUT2D eigenvalue weighted by Gasteiger charge is 2.16. The van der Waals surface area contributed by atoms with Crippen molar-refractivity contribution >= 4 is 46.5 Å². The number of nitrogens with one attached hydrogen (secondary N) is 3. The summed E-state index contributed by atoms with van der Waals surface area (Å²) in [5.41, 5.74) is 0.853. The van der Waals surface area contributed by atoms with Crippen molar-refractivity contribution in [3.8, 4) is 6.07 Å². The van der Waals surface area contributed by atoms with Crippen LogP contribution in [0, 0.1) is 11.3 Å². The van der Waals surface area contributed by atoms with Crippen molar-refractivity contribution in [3.63, 3.8) is 0 Å². The van der Waals surface area contributed by atoms with Crippen LogP contribution in [0.3, 0.4) is 0 Å². The standard InChI is InChI=1S/C24H30N6O4S/c1-3-30-21(31)20(35-22(30)19(15-25)23(32)34-4-2)16-27-17-7-9-18(10-8-17)28-24(33)26-11-14-29-12-5-6-13-29/h7-10,16,27H,3-6,11-14H2,1-2H3,(H2,26,28,33)/b20-16+,22-19+. The second-order valence-electron chi connectivity index (χ2n) is 7.82. The lowest BCUT2D eigenvalue weighted by Crippen LogP contribution is -2.35. The van der Waals surface area contributed by atoms with E-state index in [0.717, 1.165) is 31.0 Å². The van der Waals surface area contributed by atoms with Crippen molar-refractivity contribution in [2.45, 2.75) is 33.2 Å². The quantitative estimate of drug-likeness (QED) is 0.444. The number of nitrogens with zero attached hydrogens (tertiary/aromatic N) is 3. The lowest BCUT2D eigenvalue weighted by atomic mass is 10.3. The second kappa shape index (κ2) is 12.7. The molecule has 1 aliphatic rings. The van der Waals surface area contributed by atoms with Gasteiger partial charge >= 0.3 is 12.0 Å². The molecular weight excluding hydrogens is 468 g/mol. The maximum Gasteiger partial charge on any atom is 0.351 e. The van der Waals surface area contributed by atoms with Crippen molar-refractivity contribution in [3.05, 3.63) is 43.8 Å². The number of nitriles is 1. The molecule has 1 aromatic carbocycles. The molecule has 2 heterocycles. The summed E-state index contributed by atoms with van der Waals surface area (Å²) in [7, 11) is 0. The van der Waals surface area contributed by atoms with E-state index in [4.69, 9.17) is 4.74 Å². The Morgan fingerprint density at radius 1 is 1.17 bits per heavy atom. The molecule has 0 aliphatic carbocycles. The van der Waals surface area contributed by atoms with Crippen molar-refractivity contribution in [1.29, 1.82) is 5.26 Å². The maximum atomic E-state index is 12.8. The van der Waals surface area contributed by atoms with Crippen LogP contribution in [0.5, 0.6) is 0 Å². The van der Waals surface area contributed by atoms with Gasteiger partial charge in [0.2, 0.25) is 0 Å². The minimum atomic E-state index is -0.749. The van der Waals surface area contributed by atoms with Crippen LogP contribution in [0.1, 0.15) is 26.7 Å². The molecule has 3 N–H and O–H groups in total. The van der Waals surface area contributed by atoms with Gasteiger partial charge in [-0.15, -0.1) is 11.3 Å². The molecule has 186 valence electrons. The lowest BCUT2D eigenvalue weighted by Gasteiger charge is -2.15. The van der Waals surface area contributed by atoms with Gasteiger partial charge in [0.25, 0.3) is 5.56 Å². The minimum Gasteiger partial charge on any atom is -0.462 e. The summed E-state index contributed by atoms with van der Waals surface area (Å²) in [6, 6.07) is 8.65. The number of esters is 1. The topological polar surface area (TPSA) is 128 Å². The minimum absolute atomic E-state index is 0.136. The Morgan fingerprint density at radius 2 is 1.86 bits per heavy atom. The molecule has 0 radical (unpaired) electrons. The zero-order chi connectivity index (χ0) is 25.2. The summed E-state index contributed by atoms with van der Waals surface area (Å²) >= 11 is 1.05. The van der Waals surface area contributed by atoms with Crippen molar-refractivity contribution in [2.24, 2.45) is 0 Å². The summed E-state index contributed by atoms with van der Waals surface area (Å²) in [4.78, 5) is 39.3. The van der Waals surface area contributed by atoms with Crippen LogP contribution in [-0.2, 0) is 16.1 Å². The van der Waals surface area contributed by atoms with Gasteiger partial charge in [-0.3, -0.25) is 9.36 Å². The van der Waals surface area contributed by atoms with E-state index in [1.165, 1.54) is 23.6 Å². The summed E-state index contributed by atoms with van der Waals surface area (Å²) in [6.07, 6.45) is 3.98. The van der Waals surface area contributed by atoms with E-state index >= 15 is 0 Å². The Kier molecular flexibility index (Phi) is 9.46. The van der Waals surface area contributed by atoms with Gasteiger partial charge in [0, 0.05) is 37.2 Å². The molecule has 35 heavy (non-hydrogen) atoms. The summed E-state index contributed by atoms with van der Waals surface area (Å²) in [5.74, 6) is -0.749. The highest BCUT2D eigenvalue weighted by molar-refractivity contribution is 7.07. The number of amides is 2. The second-order valence-corrected chi connectivity index (χ2v) is 8.85. The number of thiazole rings is 1. The van der Waals surface area contributed by atoms with Crippen molar-refractivity contribution in [2.75, 3.05) is 43.4 Å². The summed E-state index contributed by atoms with van der Waals surface area (Å²) in [5, 5.41) is 18.1. The molecule has 0 saturated carbocycles.